The first-order valence-corrected chi connectivity index (χ1v) is 7.45. The van der Waals surface area contributed by atoms with E-state index in [-0.39, 0.29) is 30.4 Å². The number of benzene rings is 1. The van der Waals surface area contributed by atoms with Gasteiger partial charge in [0, 0.05) is 17.6 Å². The Bertz CT molecular complexity index is 514. The van der Waals surface area contributed by atoms with Gasteiger partial charge in [-0.05, 0) is 38.4 Å². The molecule has 23 heavy (non-hydrogen) atoms. The summed E-state index contributed by atoms with van der Waals surface area (Å²) in [7, 11) is 4.60. The second-order valence-electron chi connectivity index (χ2n) is 5.38. The number of ether oxygens (including phenoxy) is 3. The van der Waals surface area contributed by atoms with Crippen molar-refractivity contribution in [3.8, 4) is 17.2 Å². The summed E-state index contributed by atoms with van der Waals surface area (Å²) in [6.07, 6.45) is 2.04. The zero-order valence-electron chi connectivity index (χ0n) is 14.0. The fourth-order valence-electron chi connectivity index (χ4n) is 2.71. The van der Waals surface area contributed by atoms with E-state index in [0.717, 1.165) is 19.4 Å². The van der Waals surface area contributed by atoms with Gasteiger partial charge in [-0.25, -0.2) is 0 Å². The Morgan fingerprint density at radius 1 is 1.17 bits per heavy atom. The highest BCUT2D eigenvalue weighted by molar-refractivity contribution is 5.95. The fourth-order valence-corrected chi connectivity index (χ4v) is 2.71. The van der Waals surface area contributed by atoms with E-state index in [9.17, 15) is 4.79 Å². The Morgan fingerprint density at radius 2 is 1.78 bits per heavy atom. The molecule has 2 atom stereocenters. The summed E-state index contributed by atoms with van der Waals surface area (Å²) in [5, 5.41) is 6.44. The predicted octanol–water partition coefficient (Wildman–Crippen LogP) is 2.00. The van der Waals surface area contributed by atoms with Gasteiger partial charge in [0.2, 0.25) is 5.75 Å². The lowest BCUT2D eigenvalue weighted by atomic mass is 9.99. The van der Waals surface area contributed by atoms with Crippen LogP contribution < -0.4 is 24.8 Å². The number of hydrogen-bond donors (Lipinski definition) is 2. The molecule has 1 aromatic rings. The van der Waals surface area contributed by atoms with Gasteiger partial charge in [-0.1, -0.05) is 0 Å². The molecular formula is C16H25ClN2O4. The van der Waals surface area contributed by atoms with Gasteiger partial charge in [0.1, 0.15) is 0 Å². The van der Waals surface area contributed by atoms with Crippen molar-refractivity contribution in [3.63, 3.8) is 0 Å². The van der Waals surface area contributed by atoms with Gasteiger partial charge in [0.15, 0.2) is 11.5 Å². The molecule has 7 heteroatoms. The molecular weight excluding hydrogens is 320 g/mol. The summed E-state index contributed by atoms with van der Waals surface area (Å²) in [6.45, 7) is 3.08. The molecule has 1 aliphatic rings. The minimum atomic E-state index is -0.139. The van der Waals surface area contributed by atoms with Crippen molar-refractivity contribution < 1.29 is 19.0 Å². The van der Waals surface area contributed by atoms with Crippen LogP contribution in [0.15, 0.2) is 12.1 Å². The van der Waals surface area contributed by atoms with E-state index in [4.69, 9.17) is 14.2 Å². The molecule has 1 aliphatic heterocycles. The molecule has 1 amide bonds. The molecule has 1 saturated heterocycles. The highest BCUT2D eigenvalue weighted by Crippen LogP contribution is 2.38. The summed E-state index contributed by atoms with van der Waals surface area (Å²) in [4.78, 5) is 12.5. The number of hydrogen-bond acceptors (Lipinski definition) is 5. The Labute approximate surface area is 143 Å². The van der Waals surface area contributed by atoms with Gasteiger partial charge in [-0.3, -0.25) is 4.79 Å². The number of methoxy groups -OCH3 is 3. The molecule has 0 spiro atoms. The van der Waals surface area contributed by atoms with Crippen LogP contribution in [0.4, 0.5) is 0 Å². The predicted molar refractivity (Wildman–Crippen MR) is 91.3 cm³/mol. The van der Waals surface area contributed by atoms with Crippen LogP contribution in [0.5, 0.6) is 17.2 Å². The molecule has 2 unspecified atom stereocenters. The van der Waals surface area contributed by atoms with Gasteiger partial charge < -0.3 is 24.8 Å². The van der Waals surface area contributed by atoms with Crippen molar-refractivity contribution in [1.29, 1.82) is 0 Å². The third kappa shape index (κ3) is 4.42. The molecule has 130 valence electrons. The highest BCUT2D eigenvalue weighted by Gasteiger charge is 2.24. The van der Waals surface area contributed by atoms with E-state index in [2.05, 4.69) is 17.6 Å². The average molecular weight is 345 g/mol. The second kappa shape index (κ2) is 8.84. The molecule has 1 fully saturated rings. The largest absolute Gasteiger partial charge is 0.493 e. The van der Waals surface area contributed by atoms with Crippen LogP contribution in [0.25, 0.3) is 0 Å². The number of carbonyl (C=O) groups excluding carboxylic acids is 1. The maximum Gasteiger partial charge on any atom is 0.251 e. The smallest absolute Gasteiger partial charge is 0.251 e. The van der Waals surface area contributed by atoms with Crippen LogP contribution in [0.1, 0.15) is 30.1 Å². The topological polar surface area (TPSA) is 68.8 Å². The molecule has 1 aromatic carbocycles. The SMILES string of the molecule is COc1cc(C(=O)NC2CCCNC2C)cc(OC)c1OC.Cl. The molecule has 0 radical (unpaired) electrons. The van der Waals surface area contributed by atoms with Crippen LogP contribution in [0.3, 0.4) is 0 Å². The standard InChI is InChI=1S/C16H24N2O4.ClH/c1-10-12(6-5-7-17-10)18-16(19)11-8-13(20-2)15(22-4)14(9-11)21-3;/h8-10,12,17H,5-7H2,1-4H3,(H,18,19);1H. The summed E-state index contributed by atoms with van der Waals surface area (Å²) in [5.74, 6) is 1.29. The molecule has 2 N–H and O–H groups in total. The van der Waals surface area contributed by atoms with Gasteiger partial charge in [-0.2, -0.15) is 0 Å². The Kier molecular flexibility index (Phi) is 7.45. The van der Waals surface area contributed by atoms with Crippen LogP contribution >= 0.6 is 12.4 Å². The molecule has 6 nitrogen and oxygen atoms in total. The zero-order valence-corrected chi connectivity index (χ0v) is 14.8. The van der Waals surface area contributed by atoms with Gasteiger partial charge >= 0.3 is 0 Å². The summed E-state index contributed by atoms with van der Waals surface area (Å²) >= 11 is 0. The molecule has 0 bridgehead atoms. The van der Waals surface area contributed by atoms with E-state index in [1.807, 2.05) is 0 Å². The van der Waals surface area contributed by atoms with E-state index >= 15 is 0 Å². The van der Waals surface area contributed by atoms with Crippen molar-refractivity contribution in [2.24, 2.45) is 0 Å². The van der Waals surface area contributed by atoms with Gasteiger partial charge in [0.25, 0.3) is 5.91 Å². The van der Waals surface area contributed by atoms with Crippen molar-refractivity contribution in [2.75, 3.05) is 27.9 Å². The third-order valence-corrected chi connectivity index (χ3v) is 4.01. The first kappa shape index (κ1) is 19.4. The molecule has 0 aliphatic carbocycles. The van der Waals surface area contributed by atoms with Crippen molar-refractivity contribution in [2.45, 2.75) is 31.8 Å². The first-order valence-electron chi connectivity index (χ1n) is 7.45. The number of rotatable bonds is 5. The van der Waals surface area contributed by atoms with Crippen LogP contribution in [0.2, 0.25) is 0 Å². The van der Waals surface area contributed by atoms with Crippen molar-refractivity contribution in [1.82, 2.24) is 10.6 Å². The second-order valence-corrected chi connectivity index (χ2v) is 5.38. The summed E-state index contributed by atoms with van der Waals surface area (Å²) < 4.78 is 15.8. The van der Waals surface area contributed by atoms with Crippen molar-refractivity contribution >= 4 is 18.3 Å². The fraction of sp³-hybridized carbons (Fsp3) is 0.562. The Hall–Kier alpha value is -1.66. The maximum absolute atomic E-state index is 12.5. The minimum absolute atomic E-state index is 0. The highest BCUT2D eigenvalue weighted by atomic mass is 35.5. The molecule has 1 heterocycles. The third-order valence-electron chi connectivity index (χ3n) is 4.01. The number of piperidine rings is 1. The average Bonchev–Trinajstić information content (AvgIpc) is 2.55. The minimum Gasteiger partial charge on any atom is -0.493 e. The quantitative estimate of drug-likeness (QED) is 0.855. The Balaban J connectivity index is 0.00000264. The number of amides is 1. The lowest BCUT2D eigenvalue weighted by molar-refractivity contribution is 0.0919. The molecule has 0 aromatic heterocycles. The maximum atomic E-state index is 12.5. The van der Waals surface area contributed by atoms with E-state index in [0.29, 0.717) is 22.8 Å². The lowest BCUT2D eigenvalue weighted by Crippen LogP contribution is -2.51. The lowest BCUT2D eigenvalue weighted by Gasteiger charge is -2.30. The van der Waals surface area contributed by atoms with Gasteiger partial charge in [-0.15, -0.1) is 12.4 Å². The Morgan fingerprint density at radius 3 is 2.26 bits per heavy atom. The molecule has 2 rings (SSSR count). The van der Waals surface area contributed by atoms with E-state index in [1.165, 1.54) is 21.3 Å². The monoisotopic (exact) mass is 344 g/mol. The van der Waals surface area contributed by atoms with Crippen LogP contribution in [-0.4, -0.2) is 45.9 Å². The van der Waals surface area contributed by atoms with Crippen LogP contribution in [0, 0.1) is 0 Å². The normalized spacial score (nSPS) is 20.2. The number of nitrogens with one attached hydrogen (secondary N) is 2. The number of halogens is 1. The zero-order chi connectivity index (χ0) is 16.1. The van der Waals surface area contributed by atoms with E-state index < -0.39 is 0 Å². The summed E-state index contributed by atoms with van der Waals surface area (Å²) in [6, 6.07) is 3.72. The van der Waals surface area contributed by atoms with E-state index in [1.54, 1.807) is 12.1 Å². The van der Waals surface area contributed by atoms with Crippen molar-refractivity contribution in [3.05, 3.63) is 17.7 Å². The van der Waals surface area contributed by atoms with Gasteiger partial charge in [0.05, 0.1) is 21.3 Å². The summed E-state index contributed by atoms with van der Waals surface area (Å²) in [5.41, 5.74) is 0.493. The molecule has 0 saturated carbocycles. The first-order chi connectivity index (χ1) is 10.6. The van der Waals surface area contributed by atoms with Crippen LogP contribution in [-0.2, 0) is 0 Å². The number of carbonyl (C=O) groups is 1.